The van der Waals surface area contributed by atoms with E-state index in [4.69, 9.17) is 4.74 Å². The molecule has 5 nitrogen and oxygen atoms in total. The Morgan fingerprint density at radius 1 is 1.35 bits per heavy atom. The first-order valence-corrected chi connectivity index (χ1v) is 7.32. The zero-order valence-corrected chi connectivity index (χ0v) is 12.4. The van der Waals surface area contributed by atoms with Crippen LogP contribution in [-0.4, -0.2) is 39.8 Å². The molecule has 114 valence electrons. The Bertz CT molecular complexity index is 430. The lowest BCUT2D eigenvalue weighted by atomic mass is 9.59. The Balaban J connectivity index is 2.27. The van der Waals surface area contributed by atoms with Crippen molar-refractivity contribution < 1.29 is 24.5 Å². The second kappa shape index (κ2) is 4.81. The van der Waals surface area contributed by atoms with E-state index in [0.29, 0.717) is 12.8 Å². The van der Waals surface area contributed by atoms with Crippen LogP contribution in [0, 0.1) is 11.3 Å². The minimum Gasteiger partial charge on any atom is -0.466 e. The van der Waals surface area contributed by atoms with Crippen molar-refractivity contribution in [1.29, 1.82) is 0 Å². The van der Waals surface area contributed by atoms with Crippen LogP contribution in [-0.2, 0) is 14.3 Å². The van der Waals surface area contributed by atoms with Gasteiger partial charge in [-0.1, -0.05) is 13.8 Å². The third kappa shape index (κ3) is 1.99. The van der Waals surface area contributed by atoms with Crippen LogP contribution in [0.15, 0.2) is 0 Å². The summed E-state index contributed by atoms with van der Waals surface area (Å²) in [4.78, 5) is 24.2. The molecule has 0 aromatic heterocycles. The van der Waals surface area contributed by atoms with E-state index in [1.807, 2.05) is 13.8 Å². The van der Waals surface area contributed by atoms with Gasteiger partial charge in [0, 0.05) is 11.3 Å². The number of fused-ring (bicyclic) bond motifs is 1. The van der Waals surface area contributed by atoms with Gasteiger partial charge < -0.3 is 14.9 Å². The molecular weight excluding hydrogens is 260 g/mol. The number of Topliss-reactive ketones (excluding diaryl/α,β-unsaturated/α-hetero) is 1. The SMILES string of the molecule is CCOC(=O)C[C@H]1C[C@@]2(O)CCCC(C)(C)[C@@]2(O)C1=O. The Morgan fingerprint density at radius 2 is 2.00 bits per heavy atom. The van der Waals surface area contributed by atoms with Crippen molar-refractivity contribution >= 4 is 11.8 Å². The summed E-state index contributed by atoms with van der Waals surface area (Å²) in [7, 11) is 0. The van der Waals surface area contributed by atoms with Gasteiger partial charge in [-0.25, -0.2) is 0 Å². The van der Waals surface area contributed by atoms with Crippen LogP contribution in [0.1, 0.15) is 52.9 Å². The van der Waals surface area contributed by atoms with Crippen LogP contribution in [0.5, 0.6) is 0 Å². The molecule has 2 aliphatic rings. The minimum absolute atomic E-state index is 0.0621. The van der Waals surface area contributed by atoms with E-state index >= 15 is 0 Å². The smallest absolute Gasteiger partial charge is 0.306 e. The molecule has 2 N–H and O–H groups in total. The van der Waals surface area contributed by atoms with Crippen molar-refractivity contribution in [2.45, 2.75) is 64.1 Å². The maximum atomic E-state index is 12.6. The molecular formula is C15H24O5. The fraction of sp³-hybridized carbons (Fsp3) is 0.867. The normalized spacial score (nSPS) is 39.5. The zero-order valence-electron chi connectivity index (χ0n) is 12.4. The molecule has 0 aromatic rings. The molecule has 3 atom stereocenters. The lowest BCUT2D eigenvalue weighted by Gasteiger charge is -2.51. The summed E-state index contributed by atoms with van der Waals surface area (Å²) in [5, 5.41) is 21.7. The Hall–Kier alpha value is -0.940. The summed E-state index contributed by atoms with van der Waals surface area (Å²) in [5.74, 6) is -1.51. The molecule has 0 amide bonds. The third-order valence-electron chi connectivity index (χ3n) is 5.07. The molecule has 2 rings (SSSR count). The van der Waals surface area contributed by atoms with E-state index in [-0.39, 0.29) is 19.4 Å². The second-order valence-corrected chi connectivity index (χ2v) is 6.75. The molecule has 5 heteroatoms. The van der Waals surface area contributed by atoms with Gasteiger partial charge in [0.1, 0.15) is 5.60 Å². The highest BCUT2D eigenvalue weighted by Gasteiger charge is 2.70. The highest BCUT2D eigenvalue weighted by atomic mass is 16.5. The monoisotopic (exact) mass is 284 g/mol. The van der Waals surface area contributed by atoms with E-state index in [9.17, 15) is 19.8 Å². The molecule has 0 heterocycles. The molecule has 0 saturated heterocycles. The summed E-state index contributed by atoms with van der Waals surface area (Å²) >= 11 is 0. The number of aliphatic hydroxyl groups is 2. The molecule has 20 heavy (non-hydrogen) atoms. The average Bonchev–Trinajstić information content (AvgIpc) is 2.52. The predicted molar refractivity (Wildman–Crippen MR) is 71.9 cm³/mol. The van der Waals surface area contributed by atoms with Gasteiger partial charge in [-0.05, 0) is 32.6 Å². The summed E-state index contributed by atoms with van der Waals surface area (Å²) < 4.78 is 4.87. The van der Waals surface area contributed by atoms with Gasteiger partial charge in [-0.15, -0.1) is 0 Å². The molecule has 0 radical (unpaired) electrons. The van der Waals surface area contributed by atoms with Crippen molar-refractivity contribution in [2.75, 3.05) is 6.61 Å². The Kier molecular flexibility index (Phi) is 3.71. The third-order valence-corrected chi connectivity index (χ3v) is 5.07. The van der Waals surface area contributed by atoms with Crippen LogP contribution in [0.2, 0.25) is 0 Å². The fourth-order valence-electron chi connectivity index (χ4n) is 4.01. The predicted octanol–water partition coefficient (Wildman–Crippen LogP) is 1.20. The van der Waals surface area contributed by atoms with Crippen molar-refractivity contribution in [3.05, 3.63) is 0 Å². The van der Waals surface area contributed by atoms with Gasteiger partial charge in [0.25, 0.3) is 0 Å². The molecule has 2 fully saturated rings. The van der Waals surface area contributed by atoms with Crippen molar-refractivity contribution in [3.8, 4) is 0 Å². The van der Waals surface area contributed by atoms with Crippen molar-refractivity contribution in [1.82, 2.24) is 0 Å². The van der Waals surface area contributed by atoms with E-state index in [1.165, 1.54) is 0 Å². The molecule has 0 spiro atoms. The number of esters is 1. The Morgan fingerprint density at radius 3 is 2.55 bits per heavy atom. The summed E-state index contributed by atoms with van der Waals surface area (Å²) in [6.45, 7) is 5.58. The van der Waals surface area contributed by atoms with Gasteiger partial charge in [-0.3, -0.25) is 9.59 Å². The number of hydrogen-bond acceptors (Lipinski definition) is 5. The molecule has 0 unspecified atom stereocenters. The lowest BCUT2D eigenvalue weighted by molar-refractivity contribution is -0.209. The quantitative estimate of drug-likeness (QED) is 0.761. The summed E-state index contributed by atoms with van der Waals surface area (Å²) in [5.41, 5.74) is -3.85. The minimum atomic E-state index is -1.75. The first kappa shape index (κ1) is 15.4. The largest absolute Gasteiger partial charge is 0.466 e. The molecule has 0 aliphatic heterocycles. The number of hydrogen-bond donors (Lipinski definition) is 2. The van der Waals surface area contributed by atoms with Crippen molar-refractivity contribution in [3.63, 3.8) is 0 Å². The maximum Gasteiger partial charge on any atom is 0.306 e. The second-order valence-electron chi connectivity index (χ2n) is 6.75. The Labute approximate surface area is 119 Å². The van der Waals surface area contributed by atoms with Crippen LogP contribution in [0.3, 0.4) is 0 Å². The number of carbonyl (C=O) groups is 2. The number of ketones is 1. The van der Waals surface area contributed by atoms with Gasteiger partial charge in [0.05, 0.1) is 13.0 Å². The highest BCUT2D eigenvalue weighted by molar-refractivity contribution is 5.96. The lowest BCUT2D eigenvalue weighted by Crippen LogP contribution is -2.65. The summed E-state index contributed by atoms with van der Waals surface area (Å²) in [6, 6.07) is 0. The zero-order chi connectivity index (χ0) is 15.2. The average molecular weight is 284 g/mol. The fourth-order valence-corrected chi connectivity index (χ4v) is 4.01. The first-order valence-electron chi connectivity index (χ1n) is 7.32. The molecule has 0 bridgehead atoms. The molecule has 2 aliphatic carbocycles. The van der Waals surface area contributed by atoms with Gasteiger partial charge >= 0.3 is 5.97 Å². The van der Waals surface area contributed by atoms with E-state index in [0.717, 1.165) is 6.42 Å². The van der Waals surface area contributed by atoms with Gasteiger partial charge in [0.15, 0.2) is 11.4 Å². The van der Waals surface area contributed by atoms with Crippen molar-refractivity contribution in [2.24, 2.45) is 11.3 Å². The van der Waals surface area contributed by atoms with Gasteiger partial charge in [-0.2, -0.15) is 0 Å². The van der Waals surface area contributed by atoms with E-state index in [1.54, 1.807) is 6.92 Å². The highest BCUT2D eigenvalue weighted by Crippen LogP contribution is 2.57. The number of carbonyl (C=O) groups excluding carboxylic acids is 2. The van der Waals surface area contributed by atoms with Gasteiger partial charge in [0.2, 0.25) is 0 Å². The maximum absolute atomic E-state index is 12.6. The van der Waals surface area contributed by atoms with Crippen LogP contribution in [0.4, 0.5) is 0 Å². The topological polar surface area (TPSA) is 83.8 Å². The molecule has 2 saturated carbocycles. The first-order chi connectivity index (χ1) is 9.18. The number of ether oxygens (including phenoxy) is 1. The van der Waals surface area contributed by atoms with E-state index in [2.05, 4.69) is 0 Å². The van der Waals surface area contributed by atoms with Crippen LogP contribution >= 0.6 is 0 Å². The standard InChI is InChI=1S/C15H24O5/c1-4-20-11(16)8-10-9-14(18)7-5-6-13(2,3)15(14,19)12(10)17/h10,18-19H,4-9H2,1-3H3/t10-,14-,15-/m0/s1. The van der Waals surface area contributed by atoms with Crippen LogP contribution < -0.4 is 0 Å². The van der Waals surface area contributed by atoms with Crippen LogP contribution in [0.25, 0.3) is 0 Å². The number of rotatable bonds is 3. The summed E-state index contributed by atoms with van der Waals surface area (Å²) in [6.07, 6.45) is 1.94. The van der Waals surface area contributed by atoms with E-state index < -0.39 is 34.3 Å². The molecule has 0 aromatic carbocycles.